The fourth-order valence-electron chi connectivity index (χ4n) is 7.23. The molecule has 0 aliphatic carbocycles. The van der Waals surface area contributed by atoms with Crippen molar-refractivity contribution in [3.05, 3.63) is 108 Å². The fraction of sp³-hybridized carbons (Fsp3) is 0.425. The number of aromatic nitrogens is 1. The number of oxazole rings is 1. The number of fused-ring (bicyclic) bond motifs is 1. The normalized spacial score (nSPS) is 20.5. The Kier molecular flexibility index (Phi) is 12.2. The van der Waals surface area contributed by atoms with Gasteiger partial charge in [0, 0.05) is 37.7 Å². The van der Waals surface area contributed by atoms with Crippen LogP contribution in [0.3, 0.4) is 0 Å². The molecule has 0 unspecified atom stereocenters. The summed E-state index contributed by atoms with van der Waals surface area (Å²) in [5, 5.41) is 27.3. The van der Waals surface area contributed by atoms with E-state index in [2.05, 4.69) is 10.3 Å². The molecule has 3 heterocycles. The number of ether oxygens (including phenoxy) is 1. The molecule has 0 spiro atoms. The lowest BCUT2D eigenvalue weighted by Gasteiger charge is -2.46. The van der Waals surface area contributed by atoms with Crippen molar-refractivity contribution < 1.29 is 46.5 Å². The molecule has 3 aromatic carbocycles. The molecule has 0 radical (unpaired) electrons. The predicted octanol–water partition coefficient (Wildman–Crippen LogP) is 4.60. The monoisotopic (exact) mass is 767 g/mol. The molecule has 2 aliphatic heterocycles. The number of carbonyl (C=O) groups excluding carboxylic acids is 2. The van der Waals surface area contributed by atoms with Crippen molar-refractivity contribution in [3.8, 4) is 17.1 Å². The molecule has 55 heavy (non-hydrogen) atoms. The van der Waals surface area contributed by atoms with E-state index in [1.807, 2.05) is 40.5 Å². The number of piperazine rings is 1. The number of carbonyl (C=O) groups is 2. The second-order valence-electron chi connectivity index (χ2n) is 14.5. The van der Waals surface area contributed by atoms with Gasteiger partial charge in [-0.3, -0.25) is 19.4 Å². The second kappa shape index (κ2) is 16.9. The van der Waals surface area contributed by atoms with Crippen molar-refractivity contribution in [3.63, 3.8) is 0 Å². The molecule has 6 rings (SSSR count). The number of benzene rings is 3. The number of β-amino-alcohol motifs (C(OH)–C–C–N with tert-alkyl or cyclic N) is 1. The van der Waals surface area contributed by atoms with Gasteiger partial charge in [-0.15, -0.1) is 0 Å². The van der Waals surface area contributed by atoms with Gasteiger partial charge in [0.1, 0.15) is 36.9 Å². The summed E-state index contributed by atoms with van der Waals surface area (Å²) in [6.07, 6.45) is -5.21. The third kappa shape index (κ3) is 9.71. The van der Waals surface area contributed by atoms with E-state index >= 15 is 0 Å². The lowest BCUT2D eigenvalue weighted by atomic mass is 9.90. The first-order chi connectivity index (χ1) is 26.2. The molecule has 15 heteroatoms. The predicted molar refractivity (Wildman–Crippen MR) is 194 cm³/mol. The van der Waals surface area contributed by atoms with Gasteiger partial charge in [-0.25, -0.2) is 9.37 Å². The Morgan fingerprint density at radius 2 is 1.71 bits per heavy atom. The maximum Gasteiger partial charge on any atom is 0.405 e. The highest BCUT2D eigenvalue weighted by atomic mass is 19.4. The zero-order valence-electron chi connectivity index (χ0n) is 30.5. The number of nitrogens with one attached hydrogen (secondary N) is 2. The van der Waals surface area contributed by atoms with E-state index < -0.39 is 66.1 Å². The smallest absolute Gasteiger partial charge is 0.405 e. The molecule has 5 atom stereocenters. The van der Waals surface area contributed by atoms with Crippen LogP contribution >= 0.6 is 0 Å². The Labute approximate surface area is 316 Å². The van der Waals surface area contributed by atoms with Crippen LogP contribution in [0.5, 0.6) is 5.75 Å². The number of nitrogens with zero attached hydrogens (tertiary/aromatic N) is 3. The molecule has 4 aromatic rings. The molecule has 1 saturated heterocycles. The van der Waals surface area contributed by atoms with E-state index in [4.69, 9.17) is 9.15 Å². The van der Waals surface area contributed by atoms with Crippen LogP contribution in [-0.4, -0.2) is 101 Å². The molecule has 1 fully saturated rings. The highest BCUT2D eigenvalue weighted by molar-refractivity contribution is 5.82. The highest BCUT2D eigenvalue weighted by Gasteiger charge is 2.43. The molecule has 2 amide bonds. The zero-order chi connectivity index (χ0) is 39.3. The second-order valence-corrected chi connectivity index (χ2v) is 14.5. The number of alkyl halides is 3. The van der Waals surface area contributed by atoms with Crippen LogP contribution in [0.15, 0.2) is 89.5 Å². The number of para-hydroxylation sites is 1. The molecule has 4 N–H and O–H groups in total. The van der Waals surface area contributed by atoms with Crippen LogP contribution < -0.4 is 15.4 Å². The number of halogens is 4. The van der Waals surface area contributed by atoms with Gasteiger partial charge in [0.2, 0.25) is 17.7 Å². The number of aliphatic hydroxyl groups excluding tert-OH is 2. The van der Waals surface area contributed by atoms with Crippen LogP contribution in [-0.2, 0) is 21.5 Å². The molecule has 11 nitrogen and oxygen atoms in total. The molecular formula is C40H45F4N5O6. The summed E-state index contributed by atoms with van der Waals surface area (Å²) < 4.78 is 65.8. The molecule has 294 valence electrons. The van der Waals surface area contributed by atoms with Gasteiger partial charge >= 0.3 is 6.18 Å². The van der Waals surface area contributed by atoms with Crippen molar-refractivity contribution in [1.82, 2.24) is 25.4 Å². The molecule has 0 saturated carbocycles. The Morgan fingerprint density at radius 3 is 2.45 bits per heavy atom. The van der Waals surface area contributed by atoms with Gasteiger partial charge in [0.05, 0.1) is 29.4 Å². The Balaban J connectivity index is 1.19. The van der Waals surface area contributed by atoms with E-state index in [1.54, 1.807) is 61.2 Å². The van der Waals surface area contributed by atoms with Crippen molar-refractivity contribution in [1.29, 1.82) is 0 Å². The van der Waals surface area contributed by atoms with Crippen molar-refractivity contribution in [2.45, 2.75) is 62.7 Å². The van der Waals surface area contributed by atoms with Gasteiger partial charge in [-0.1, -0.05) is 60.7 Å². The van der Waals surface area contributed by atoms with Crippen molar-refractivity contribution >= 4 is 11.8 Å². The molecule has 2 aliphatic rings. The quantitative estimate of drug-likeness (QED) is 0.144. The van der Waals surface area contributed by atoms with E-state index in [0.717, 1.165) is 5.56 Å². The topological polar surface area (TPSA) is 140 Å². The van der Waals surface area contributed by atoms with Crippen molar-refractivity contribution in [2.75, 3.05) is 39.3 Å². The zero-order valence-corrected chi connectivity index (χ0v) is 30.5. The fourth-order valence-corrected chi connectivity index (χ4v) is 7.23. The van der Waals surface area contributed by atoms with Crippen molar-refractivity contribution in [2.24, 2.45) is 5.92 Å². The van der Waals surface area contributed by atoms with Crippen LogP contribution in [0.2, 0.25) is 0 Å². The summed E-state index contributed by atoms with van der Waals surface area (Å²) in [7, 11) is 0. The molecular weight excluding hydrogens is 722 g/mol. The third-order valence-corrected chi connectivity index (χ3v) is 10.3. The average Bonchev–Trinajstić information content (AvgIpc) is 3.66. The van der Waals surface area contributed by atoms with Crippen LogP contribution in [0.4, 0.5) is 17.6 Å². The minimum absolute atomic E-state index is 0.0166. The molecule has 0 bridgehead atoms. The lowest BCUT2D eigenvalue weighted by Crippen LogP contribution is -2.63. The number of aliphatic hydroxyl groups is 2. The minimum atomic E-state index is -4.65. The number of hydrogen-bond acceptors (Lipinski definition) is 9. The molecule has 1 aromatic heterocycles. The lowest BCUT2D eigenvalue weighted by molar-refractivity contribution is -0.144. The van der Waals surface area contributed by atoms with E-state index in [0.29, 0.717) is 17.9 Å². The van der Waals surface area contributed by atoms with Crippen LogP contribution in [0.25, 0.3) is 11.3 Å². The average molecular weight is 768 g/mol. The summed E-state index contributed by atoms with van der Waals surface area (Å²) in [5.74, 6) is -1.58. The largest absolute Gasteiger partial charge is 0.490 e. The Bertz CT molecular complexity index is 1920. The maximum atomic E-state index is 14.5. The number of rotatable bonds is 13. The van der Waals surface area contributed by atoms with Gasteiger partial charge in [0.15, 0.2) is 5.76 Å². The van der Waals surface area contributed by atoms with Crippen LogP contribution in [0.1, 0.15) is 43.3 Å². The summed E-state index contributed by atoms with van der Waals surface area (Å²) in [4.78, 5) is 35.3. The summed E-state index contributed by atoms with van der Waals surface area (Å²) in [6, 6.07) is 20.5. The van der Waals surface area contributed by atoms with E-state index in [1.165, 1.54) is 12.3 Å². The van der Waals surface area contributed by atoms with Gasteiger partial charge < -0.3 is 30.0 Å². The van der Waals surface area contributed by atoms with Gasteiger partial charge in [-0.2, -0.15) is 13.2 Å². The van der Waals surface area contributed by atoms with Gasteiger partial charge in [0.25, 0.3) is 0 Å². The summed E-state index contributed by atoms with van der Waals surface area (Å²) >= 11 is 0. The number of amides is 2. The standard InChI is InChI=1S/C40H45F4N5O6/c1-39(2,38-45-20-34(55-38)28-12-6-8-14-30(28)41)49-17-16-48(31(22-49)37(53)46-24-40(42,43)44)21-27(50)19-26(18-25-10-4-3-5-11-25)36(52)47-35-29-13-7-9-15-33(29)54-23-32(35)51/h3-15,20,26-27,31-32,35,50-51H,16-19,21-24H2,1-2H3,(H,46,53)(H,47,52)/t26-,27+,31+,32-,35+/m1/s1. The summed E-state index contributed by atoms with van der Waals surface area (Å²) in [5.41, 5.74) is 0.708. The maximum absolute atomic E-state index is 14.5. The SMILES string of the molecule is CC(C)(c1ncc(-c2ccccc2F)o1)N1CCN(C[C@@H](O)C[C@@H](Cc2ccccc2)C(=O)N[C@H]2c3ccccc3OC[C@H]2O)[C@H](C(=O)NCC(F)(F)F)C1. The van der Waals surface area contributed by atoms with E-state index in [-0.39, 0.29) is 56.3 Å². The highest BCUT2D eigenvalue weighted by Crippen LogP contribution is 2.35. The van der Waals surface area contributed by atoms with Crippen LogP contribution in [0, 0.1) is 11.7 Å². The Hall–Kier alpha value is -4.83. The summed E-state index contributed by atoms with van der Waals surface area (Å²) in [6.45, 7) is 2.36. The Morgan fingerprint density at radius 1 is 1.00 bits per heavy atom. The van der Waals surface area contributed by atoms with E-state index in [9.17, 15) is 37.4 Å². The first kappa shape index (κ1) is 39.9. The number of hydrogen-bond donors (Lipinski definition) is 4. The van der Waals surface area contributed by atoms with Gasteiger partial charge in [-0.05, 0) is 50.5 Å². The third-order valence-electron chi connectivity index (χ3n) is 10.3. The first-order valence-corrected chi connectivity index (χ1v) is 18.2. The minimum Gasteiger partial charge on any atom is -0.490 e. The first-order valence-electron chi connectivity index (χ1n) is 18.2.